The fourth-order valence-electron chi connectivity index (χ4n) is 2.07. The fourth-order valence-corrected chi connectivity index (χ4v) is 3.33. The van der Waals surface area contributed by atoms with Crippen molar-refractivity contribution in [1.82, 2.24) is 5.43 Å². The van der Waals surface area contributed by atoms with Gasteiger partial charge in [-0.3, -0.25) is 5.84 Å². The molecule has 0 saturated carbocycles. The van der Waals surface area contributed by atoms with E-state index in [1.54, 1.807) is 11.3 Å². The summed E-state index contributed by atoms with van der Waals surface area (Å²) in [4.78, 5) is 1.13. The van der Waals surface area contributed by atoms with Crippen molar-refractivity contribution >= 4 is 22.9 Å². The van der Waals surface area contributed by atoms with Crippen LogP contribution in [0.5, 0.6) is 0 Å². The third-order valence-electron chi connectivity index (χ3n) is 2.91. The first-order valence-electron chi connectivity index (χ1n) is 5.01. The lowest BCUT2D eigenvalue weighted by molar-refractivity contribution is -0.0115. The van der Waals surface area contributed by atoms with Gasteiger partial charge >= 0.3 is 0 Å². The van der Waals surface area contributed by atoms with Crippen LogP contribution in [0.3, 0.4) is 0 Å². The molecule has 2 atom stereocenters. The van der Waals surface area contributed by atoms with E-state index in [0.717, 1.165) is 28.7 Å². The number of ether oxygens (including phenoxy) is 1. The summed E-state index contributed by atoms with van der Waals surface area (Å²) in [7, 11) is 0. The normalized spacial score (nSPS) is 28.2. The summed E-state index contributed by atoms with van der Waals surface area (Å²) in [5.41, 5.74) is 2.64. The minimum Gasteiger partial charge on any atom is -0.373 e. The third-order valence-corrected chi connectivity index (χ3v) is 4.20. The van der Waals surface area contributed by atoms with Gasteiger partial charge in [-0.15, -0.1) is 11.3 Å². The average molecular weight is 247 g/mol. The highest BCUT2D eigenvalue weighted by molar-refractivity contribution is 7.16. The van der Waals surface area contributed by atoms with Gasteiger partial charge in [0.05, 0.1) is 16.0 Å². The molecule has 3 nitrogen and oxygen atoms in total. The van der Waals surface area contributed by atoms with E-state index in [1.807, 2.05) is 12.1 Å². The molecule has 1 aliphatic rings. The zero-order chi connectivity index (χ0) is 10.9. The predicted molar refractivity (Wildman–Crippen MR) is 63.0 cm³/mol. The molecule has 1 aromatic rings. The van der Waals surface area contributed by atoms with Gasteiger partial charge in [-0.05, 0) is 31.9 Å². The molecule has 0 spiro atoms. The second-order valence-electron chi connectivity index (χ2n) is 4.01. The highest BCUT2D eigenvalue weighted by Gasteiger charge is 2.39. The monoisotopic (exact) mass is 246 g/mol. The van der Waals surface area contributed by atoms with Crippen LogP contribution in [0.15, 0.2) is 12.1 Å². The zero-order valence-electron chi connectivity index (χ0n) is 8.63. The number of hydrogen-bond acceptors (Lipinski definition) is 4. The molecule has 2 unspecified atom stereocenters. The zero-order valence-corrected chi connectivity index (χ0v) is 10.2. The van der Waals surface area contributed by atoms with Gasteiger partial charge < -0.3 is 4.74 Å². The maximum absolute atomic E-state index is 5.92. The molecule has 84 valence electrons. The highest BCUT2D eigenvalue weighted by atomic mass is 35.5. The van der Waals surface area contributed by atoms with Gasteiger partial charge in [-0.25, -0.2) is 5.43 Å². The Morgan fingerprint density at radius 3 is 2.93 bits per heavy atom. The Hall–Kier alpha value is -0.130. The minimum absolute atomic E-state index is 0.0255. The van der Waals surface area contributed by atoms with Crippen LogP contribution in [0, 0.1) is 0 Å². The maximum atomic E-state index is 5.92. The summed E-state index contributed by atoms with van der Waals surface area (Å²) in [5, 5.41) is 0. The van der Waals surface area contributed by atoms with Crippen molar-refractivity contribution < 1.29 is 4.74 Å². The molecule has 0 aromatic carbocycles. The molecule has 2 heterocycles. The van der Waals surface area contributed by atoms with Crippen LogP contribution in [-0.2, 0) is 4.74 Å². The van der Waals surface area contributed by atoms with Gasteiger partial charge in [0, 0.05) is 11.5 Å². The number of hydrogen-bond donors (Lipinski definition) is 2. The van der Waals surface area contributed by atoms with E-state index >= 15 is 0 Å². The molecule has 1 aromatic heterocycles. The van der Waals surface area contributed by atoms with Crippen LogP contribution in [0.2, 0.25) is 4.34 Å². The fraction of sp³-hybridized carbons (Fsp3) is 0.600. The molecule has 1 saturated heterocycles. The molecular weight excluding hydrogens is 232 g/mol. The Morgan fingerprint density at radius 2 is 2.47 bits per heavy atom. The number of thiophene rings is 1. The Labute approximate surface area is 98.5 Å². The second kappa shape index (κ2) is 4.39. The van der Waals surface area contributed by atoms with Crippen LogP contribution in [0.4, 0.5) is 0 Å². The van der Waals surface area contributed by atoms with Gasteiger partial charge in [-0.2, -0.15) is 0 Å². The largest absolute Gasteiger partial charge is 0.373 e. The minimum atomic E-state index is -0.205. The van der Waals surface area contributed by atoms with Crippen LogP contribution >= 0.6 is 22.9 Å². The van der Waals surface area contributed by atoms with E-state index in [9.17, 15) is 0 Å². The standard InChI is InChI=1S/C10H15ClN2OS/c1-10(5-2-6-14-10)9(13-12)7-3-4-8(11)15-7/h3-4,9,13H,2,5-6,12H2,1H3. The van der Waals surface area contributed by atoms with Gasteiger partial charge in [0.15, 0.2) is 0 Å². The molecule has 0 radical (unpaired) electrons. The number of rotatable bonds is 3. The molecule has 2 rings (SSSR count). The first-order chi connectivity index (χ1) is 7.15. The first kappa shape index (κ1) is 11.4. The van der Waals surface area contributed by atoms with Crippen molar-refractivity contribution in [2.24, 2.45) is 5.84 Å². The lowest BCUT2D eigenvalue weighted by Crippen LogP contribution is -2.43. The SMILES string of the molecule is CC1(C(NN)c2ccc(Cl)s2)CCCO1. The maximum Gasteiger partial charge on any atom is 0.0931 e. The number of nitrogens with one attached hydrogen (secondary N) is 1. The van der Waals surface area contributed by atoms with E-state index in [4.69, 9.17) is 22.2 Å². The molecule has 0 aliphatic carbocycles. The summed E-state index contributed by atoms with van der Waals surface area (Å²) in [6.07, 6.45) is 2.12. The molecule has 1 fully saturated rings. The highest BCUT2D eigenvalue weighted by Crippen LogP contribution is 2.40. The predicted octanol–water partition coefficient (Wildman–Crippen LogP) is 2.48. The van der Waals surface area contributed by atoms with Crippen molar-refractivity contribution in [3.63, 3.8) is 0 Å². The number of hydrazine groups is 1. The van der Waals surface area contributed by atoms with E-state index in [-0.39, 0.29) is 11.6 Å². The van der Waals surface area contributed by atoms with Gasteiger partial charge in [0.1, 0.15) is 0 Å². The van der Waals surface area contributed by atoms with Crippen molar-refractivity contribution in [3.8, 4) is 0 Å². The molecule has 5 heteroatoms. The van der Waals surface area contributed by atoms with E-state index in [1.165, 1.54) is 0 Å². The molecule has 0 bridgehead atoms. The van der Waals surface area contributed by atoms with Crippen molar-refractivity contribution in [2.75, 3.05) is 6.61 Å². The Balaban J connectivity index is 2.23. The average Bonchev–Trinajstić information content (AvgIpc) is 2.78. The summed E-state index contributed by atoms with van der Waals surface area (Å²) < 4.78 is 6.56. The molecule has 3 N–H and O–H groups in total. The van der Waals surface area contributed by atoms with E-state index in [0.29, 0.717) is 0 Å². The number of nitrogens with two attached hydrogens (primary N) is 1. The summed E-state index contributed by atoms with van der Waals surface area (Å²) >= 11 is 7.47. The van der Waals surface area contributed by atoms with E-state index in [2.05, 4.69) is 12.3 Å². The van der Waals surface area contributed by atoms with Crippen LogP contribution in [0.25, 0.3) is 0 Å². The molecule has 15 heavy (non-hydrogen) atoms. The summed E-state index contributed by atoms with van der Waals surface area (Å²) in [6.45, 7) is 2.91. The Morgan fingerprint density at radius 1 is 1.67 bits per heavy atom. The van der Waals surface area contributed by atoms with Crippen LogP contribution in [0.1, 0.15) is 30.7 Å². The Bertz CT molecular complexity index is 336. The van der Waals surface area contributed by atoms with Crippen molar-refractivity contribution in [2.45, 2.75) is 31.4 Å². The van der Waals surface area contributed by atoms with E-state index < -0.39 is 0 Å². The molecular formula is C10H15ClN2OS. The lowest BCUT2D eigenvalue weighted by Gasteiger charge is -2.32. The van der Waals surface area contributed by atoms with Crippen LogP contribution in [-0.4, -0.2) is 12.2 Å². The quantitative estimate of drug-likeness (QED) is 0.636. The number of halogens is 1. The van der Waals surface area contributed by atoms with Crippen LogP contribution < -0.4 is 11.3 Å². The smallest absolute Gasteiger partial charge is 0.0931 e. The second-order valence-corrected chi connectivity index (χ2v) is 5.75. The topological polar surface area (TPSA) is 47.3 Å². The van der Waals surface area contributed by atoms with Crippen molar-refractivity contribution in [3.05, 3.63) is 21.3 Å². The van der Waals surface area contributed by atoms with Gasteiger partial charge in [0.2, 0.25) is 0 Å². The summed E-state index contributed by atoms with van der Waals surface area (Å²) in [6, 6.07) is 3.92. The third kappa shape index (κ3) is 2.19. The van der Waals surface area contributed by atoms with Gasteiger partial charge in [-0.1, -0.05) is 11.6 Å². The summed E-state index contributed by atoms with van der Waals surface area (Å²) in [5.74, 6) is 5.61. The molecule has 1 aliphatic heterocycles. The lowest BCUT2D eigenvalue weighted by atomic mass is 9.92. The van der Waals surface area contributed by atoms with Gasteiger partial charge in [0.25, 0.3) is 0 Å². The molecule has 0 amide bonds. The van der Waals surface area contributed by atoms with Crippen molar-refractivity contribution in [1.29, 1.82) is 0 Å². The Kier molecular flexibility index (Phi) is 3.33. The first-order valence-corrected chi connectivity index (χ1v) is 6.20.